The first-order chi connectivity index (χ1) is 8.68. The van der Waals surface area contributed by atoms with Crippen molar-refractivity contribution in [2.24, 2.45) is 0 Å². The molecular formula is C14H23NO3S. The Labute approximate surface area is 116 Å². The molecule has 0 radical (unpaired) electrons. The first-order valence-electron chi connectivity index (χ1n) is 6.44. The van der Waals surface area contributed by atoms with Crippen molar-refractivity contribution in [1.29, 1.82) is 0 Å². The van der Waals surface area contributed by atoms with Crippen LogP contribution in [0.1, 0.15) is 31.4 Å². The minimum Gasteiger partial charge on any atom is -0.311 e. The molecule has 1 aromatic rings. The third kappa shape index (κ3) is 7.30. The minimum absolute atomic E-state index is 0.103. The van der Waals surface area contributed by atoms with Crippen LogP contribution >= 0.6 is 0 Å². The monoisotopic (exact) mass is 285 g/mol. The van der Waals surface area contributed by atoms with Crippen molar-refractivity contribution in [2.75, 3.05) is 12.3 Å². The van der Waals surface area contributed by atoms with Gasteiger partial charge in [-0.05, 0) is 45.7 Å². The SMILES string of the molecule is Cc1ccc(CC(C)(C)NCCCS(=O)(=O)O)cc1. The van der Waals surface area contributed by atoms with E-state index >= 15 is 0 Å². The van der Waals surface area contributed by atoms with Gasteiger partial charge < -0.3 is 5.32 Å². The lowest BCUT2D eigenvalue weighted by Crippen LogP contribution is -2.42. The smallest absolute Gasteiger partial charge is 0.264 e. The molecule has 0 aliphatic heterocycles. The van der Waals surface area contributed by atoms with Crippen LogP contribution in [0.25, 0.3) is 0 Å². The van der Waals surface area contributed by atoms with Gasteiger partial charge in [-0.3, -0.25) is 4.55 Å². The maximum atomic E-state index is 10.6. The second-order valence-electron chi connectivity index (χ2n) is 5.61. The van der Waals surface area contributed by atoms with E-state index in [1.54, 1.807) is 0 Å². The lowest BCUT2D eigenvalue weighted by atomic mass is 9.94. The van der Waals surface area contributed by atoms with E-state index in [9.17, 15) is 8.42 Å². The summed E-state index contributed by atoms with van der Waals surface area (Å²) in [4.78, 5) is 0. The van der Waals surface area contributed by atoms with Gasteiger partial charge in [-0.25, -0.2) is 0 Å². The average Bonchev–Trinajstić information content (AvgIpc) is 2.26. The van der Waals surface area contributed by atoms with Crippen molar-refractivity contribution in [3.8, 4) is 0 Å². The summed E-state index contributed by atoms with van der Waals surface area (Å²) < 4.78 is 29.9. The number of rotatable bonds is 7. The number of aryl methyl sites for hydroxylation is 1. The molecule has 0 saturated heterocycles. The van der Waals surface area contributed by atoms with Gasteiger partial charge in [0.15, 0.2) is 0 Å². The van der Waals surface area contributed by atoms with Crippen LogP contribution in [0.2, 0.25) is 0 Å². The standard InChI is InChI=1S/C14H23NO3S/c1-12-5-7-13(8-6-12)11-14(2,3)15-9-4-10-19(16,17)18/h5-8,15H,4,9-11H2,1-3H3,(H,16,17,18). The lowest BCUT2D eigenvalue weighted by Gasteiger charge is -2.26. The van der Waals surface area contributed by atoms with Crippen LogP contribution < -0.4 is 5.32 Å². The Morgan fingerprint density at radius 3 is 2.32 bits per heavy atom. The van der Waals surface area contributed by atoms with Crippen LogP contribution in [0, 0.1) is 6.92 Å². The molecule has 0 aliphatic rings. The fourth-order valence-electron chi connectivity index (χ4n) is 1.96. The third-order valence-electron chi connectivity index (χ3n) is 2.95. The fourth-order valence-corrected chi connectivity index (χ4v) is 2.47. The zero-order valence-corrected chi connectivity index (χ0v) is 12.6. The highest BCUT2D eigenvalue weighted by Crippen LogP contribution is 2.13. The Balaban J connectivity index is 2.41. The second kappa shape index (κ2) is 6.50. The highest BCUT2D eigenvalue weighted by molar-refractivity contribution is 7.85. The highest BCUT2D eigenvalue weighted by atomic mass is 32.2. The van der Waals surface area contributed by atoms with Crippen LogP contribution in [0.4, 0.5) is 0 Å². The minimum atomic E-state index is -3.85. The van der Waals surface area contributed by atoms with Gasteiger partial charge in [0.1, 0.15) is 0 Å². The summed E-state index contributed by atoms with van der Waals surface area (Å²) in [5.74, 6) is -0.194. The summed E-state index contributed by atoms with van der Waals surface area (Å²) in [5, 5.41) is 3.32. The van der Waals surface area contributed by atoms with Crippen molar-refractivity contribution in [3.63, 3.8) is 0 Å². The summed E-state index contributed by atoms with van der Waals surface area (Å²) in [6.07, 6.45) is 1.29. The molecule has 1 rings (SSSR count). The topological polar surface area (TPSA) is 66.4 Å². The van der Waals surface area contributed by atoms with Gasteiger partial charge in [-0.15, -0.1) is 0 Å². The summed E-state index contributed by atoms with van der Waals surface area (Å²) >= 11 is 0. The van der Waals surface area contributed by atoms with E-state index in [1.165, 1.54) is 11.1 Å². The number of nitrogens with one attached hydrogen (secondary N) is 1. The molecule has 0 unspecified atom stereocenters. The molecule has 1 aromatic carbocycles. The summed E-state index contributed by atoms with van der Waals surface area (Å²) in [6, 6.07) is 8.39. The molecule has 0 saturated carbocycles. The van der Waals surface area contributed by atoms with E-state index in [0.29, 0.717) is 13.0 Å². The zero-order chi connectivity index (χ0) is 14.5. The van der Waals surface area contributed by atoms with E-state index in [2.05, 4.69) is 50.4 Å². The van der Waals surface area contributed by atoms with Crippen molar-refractivity contribution in [1.82, 2.24) is 5.32 Å². The predicted octanol–water partition coefficient (Wildman–Crippen LogP) is 2.18. The number of hydrogen-bond donors (Lipinski definition) is 2. The van der Waals surface area contributed by atoms with Crippen LogP contribution in [0.3, 0.4) is 0 Å². The summed E-state index contributed by atoms with van der Waals surface area (Å²) in [6.45, 7) is 6.79. The molecule has 0 heterocycles. The highest BCUT2D eigenvalue weighted by Gasteiger charge is 2.17. The molecule has 0 aromatic heterocycles. The van der Waals surface area contributed by atoms with Crippen LogP contribution in [-0.4, -0.2) is 30.8 Å². The molecule has 0 aliphatic carbocycles. The Morgan fingerprint density at radius 2 is 1.79 bits per heavy atom. The quantitative estimate of drug-likeness (QED) is 0.595. The summed E-state index contributed by atoms with van der Waals surface area (Å²) in [7, 11) is -3.85. The number of hydrogen-bond acceptors (Lipinski definition) is 3. The maximum absolute atomic E-state index is 10.6. The molecule has 0 bridgehead atoms. The molecule has 19 heavy (non-hydrogen) atoms. The van der Waals surface area contributed by atoms with Gasteiger partial charge in [-0.2, -0.15) is 8.42 Å². The van der Waals surface area contributed by atoms with Gasteiger partial charge in [0.05, 0.1) is 5.75 Å². The van der Waals surface area contributed by atoms with E-state index in [1.807, 2.05) is 0 Å². The maximum Gasteiger partial charge on any atom is 0.264 e. The van der Waals surface area contributed by atoms with E-state index in [4.69, 9.17) is 4.55 Å². The molecule has 0 spiro atoms. The van der Waals surface area contributed by atoms with E-state index in [-0.39, 0.29) is 11.3 Å². The first kappa shape index (κ1) is 16.1. The largest absolute Gasteiger partial charge is 0.311 e. The Hall–Kier alpha value is -0.910. The zero-order valence-electron chi connectivity index (χ0n) is 11.8. The molecule has 0 atom stereocenters. The van der Waals surface area contributed by atoms with Gasteiger partial charge in [0.25, 0.3) is 10.1 Å². The first-order valence-corrected chi connectivity index (χ1v) is 8.05. The molecule has 108 valence electrons. The molecule has 2 N–H and O–H groups in total. The molecule has 5 heteroatoms. The van der Waals surface area contributed by atoms with E-state index in [0.717, 1.165) is 6.42 Å². The Morgan fingerprint density at radius 1 is 1.21 bits per heavy atom. The van der Waals surface area contributed by atoms with Crippen LogP contribution in [0.15, 0.2) is 24.3 Å². The van der Waals surface area contributed by atoms with Crippen molar-refractivity contribution < 1.29 is 13.0 Å². The second-order valence-corrected chi connectivity index (χ2v) is 7.18. The predicted molar refractivity (Wildman–Crippen MR) is 78.0 cm³/mol. The van der Waals surface area contributed by atoms with Gasteiger partial charge in [0.2, 0.25) is 0 Å². The molecule has 0 fully saturated rings. The lowest BCUT2D eigenvalue weighted by molar-refractivity contribution is 0.385. The fraction of sp³-hybridized carbons (Fsp3) is 0.571. The van der Waals surface area contributed by atoms with E-state index < -0.39 is 10.1 Å². The summed E-state index contributed by atoms with van der Waals surface area (Å²) in [5.41, 5.74) is 2.38. The van der Waals surface area contributed by atoms with Gasteiger partial charge in [0, 0.05) is 5.54 Å². The van der Waals surface area contributed by atoms with Crippen LogP contribution in [0.5, 0.6) is 0 Å². The Kier molecular flexibility index (Phi) is 5.52. The van der Waals surface area contributed by atoms with Crippen molar-refractivity contribution >= 4 is 10.1 Å². The molecule has 4 nitrogen and oxygen atoms in total. The number of benzene rings is 1. The van der Waals surface area contributed by atoms with Crippen LogP contribution in [-0.2, 0) is 16.5 Å². The third-order valence-corrected chi connectivity index (χ3v) is 3.75. The van der Waals surface area contributed by atoms with Gasteiger partial charge >= 0.3 is 0 Å². The molecule has 0 amide bonds. The van der Waals surface area contributed by atoms with Gasteiger partial charge in [-0.1, -0.05) is 29.8 Å². The average molecular weight is 285 g/mol. The normalized spacial score (nSPS) is 12.6. The molecular weight excluding hydrogens is 262 g/mol. The van der Waals surface area contributed by atoms with Crippen molar-refractivity contribution in [3.05, 3.63) is 35.4 Å². The Bertz CT molecular complexity index is 492. The van der Waals surface area contributed by atoms with Crippen molar-refractivity contribution in [2.45, 2.75) is 39.2 Å².